The minimum Gasteiger partial charge on any atom is -0.366 e. The van der Waals surface area contributed by atoms with Gasteiger partial charge in [0.1, 0.15) is 0 Å². The molecule has 1 aromatic carbocycles. The van der Waals surface area contributed by atoms with E-state index in [1.165, 1.54) is 30.5 Å². The quantitative estimate of drug-likeness (QED) is 0.869. The zero-order valence-corrected chi connectivity index (χ0v) is 13.0. The molecule has 0 bridgehead atoms. The second-order valence-electron chi connectivity index (χ2n) is 5.45. The van der Waals surface area contributed by atoms with Gasteiger partial charge in [0, 0.05) is 29.3 Å². The van der Waals surface area contributed by atoms with Crippen LogP contribution in [0.4, 0.5) is 5.69 Å². The van der Waals surface area contributed by atoms with Crippen LogP contribution in [0, 0.1) is 0 Å². The molecule has 2 atom stereocenters. The second-order valence-corrected chi connectivity index (χ2v) is 5.89. The number of halogens is 1. The Kier molecular flexibility index (Phi) is 5.12. The number of benzene rings is 1. The Morgan fingerprint density at radius 2 is 2.11 bits per heavy atom. The van der Waals surface area contributed by atoms with Crippen LogP contribution < -0.4 is 10.2 Å². The minimum absolute atomic E-state index is 0.631. The van der Waals surface area contributed by atoms with E-state index in [4.69, 9.17) is 11.6 Å². The van der Waals surface area contributed by atoms with Crippen molar-refractivity contribution in [1.29, 1.82) is 0 Å². The number of anilines is 1. The van der Waals surface area contributed by atoms with Crippen LogP contribution in [-0.2, 0) is 6.54 Å². The third-order valence-electron chi connectivity index (χ3n) is 4.14. The molecule has 0 aliphatic carbocycles. The van der Waals surface area contributed by atoms with Gasteiger partial charge in [-0.05, 0) is 56.5 Å². The fraction of sp³-hybridized carbons (Fsp3) is 0.625. The Hall–Kier alpha value is -0.730. The molecule has 19 heavy (non-hydrogen) atoms. The largest absolute Gasteiger partial charge is 0.366 e. The van der Waals surface area contributed by atoms with Gasteiger partial charge < -0.3 is 10.2 Å². The maximum atomic E-state index is 6.16. The van der Waals surface area contributed by atoms with E-state index in [1.54, 1.807) is 0 Å². The summed E-state index contributed by atoms with van der Waals surface area (Å²) >= 11 is 6.16. The highest BCUT2D eigenvalue weighted by atomic mass is 35.5. The van der Waals surface area contributed by atoms with E-state index in [1.807, 2.05) is 6.07 Å². The number of nitrogens with one attached hydrogen (secondary N) is 1. The van der Waals surface area contributed by atoms with Crippen molar-refractivity contribution in [2.24, 2.45) is 0 Å². The highest BCUT2D eigenvalue weighted by molar-refractivity contribution is 6.30. The van der Waals surface area contributed by atoms with Gasteiger partial charge in [-0.2, -0.15) is 0 Å². The lowest BCUT2D eigenvalue weighted by molar-refractivity contribution is 0.622. The molecule has 1 N–H and O–H groups in total. The SMILES string of the molecule is CCNCc1cc(Cl)ccc1N1C(C)CCC1CC. The standard InChI is InChI=1S/C16H25ClN2/c1-4-15-8-6-12(3)19(15)16-9-7-14(17)10-13(16)11-18-5-2/h7,9-10,12,15,18H,4-6,8,11H2,1-3H3. The molecule has 2 unspecified atom stereocenters. The van der Waals surface area contributed by atoms with Crippen LogP contribution in [0.2, 0.25) is 5.02 Å². The molecule has 1 aliphatic rings. The van der Waals surface area contributed by atoms with Gasteiger partial charge in [-0.3, -0.25) is 0 Å². The third kappa shape index (κ3) is 3.24. The van der Waals surface area contributed by atoms with Crippen LogP contribution in [0.5, 0.6) is 0 Å². The molecule has 1 fully saturated rings. The van der Waals surface area contributed by atoms with Crippen LogP contribution in [0.1, 0.15) is 45.6 Å². The molecule has 2 rings (SSSR count). The van der Waals surface area contributed by atoms with Gasteiger partial charge >= 0.3 is 0 Å². The number of hydrogen-bond acceptors (Lipinski definition) is 2. The first-order chi connectivity index (χ1) is 9.17. The van der Waals surface area contributed by atoms with Crippen molar-refractivity contribution >= 4 is 17.3 Å². The summed E-state index contributed by atoms with van der Waals surface area (Å²) in [6.45, 7) is 8.64. The fourth-order valence-corrected chi connectivity index (χ4v) is 3.31. The maximum Gasteiger partial charge on any atom is 0.0417 e. The van der Waals surface area contributed by atoms with Crippen molar-refractivity contribution in [2.75, 3.05) is 11.4 Å². The van der Waals surface area contributed by atoms with E-state index in [-0.39, 0.29) is 0 Å². The first-order valence-electron chi connectivity index (χ1n) is 7.44. The molecule has 1 saturated heterocycles. The summed E-state index contributed by atoms with van der Waals surface area (Å²) in [7, 11) is 0. The summed E-state index contributed by atoms with van der Waals surface area (Å²) in [5.41, 5.74) is 2.68. The molecule has 1 aliphatic heterocycles. The molecule has 0 aromatic heterocycles. The normalized spacial score (nSPS) is 23.1. The van der Waals surface area contributed by atoms with E-state index in [0.717, 1.165) is 18.1 Å². The predicted molar refractivity (Wildman–Crippen MR) is 84.1 cm³/mol. The van der Waals surface area contributed by atoms with Crippen molar-refractivity contribution in [3.63, 3.8) is 0 Å². The first-order valence-corrected chi connectivity index (χ1v) is 7.82. The highest BCUT2D eigenvalue weighted by Gasteiger charge is 2.30. The lowest BCUT2D eigenvalue weighted by Crippen LogP contribution is -2.35. The monoisotopic (exact) mass is 280 g/mol. The molecule has 0 radical (unpaired) electrons. The summed E-state index contributed by atoms with van der Waals surface area (Å²) in [6.07, 6.45) is 3.82. The van der Waals surface area contributed by atoms with Gasteiger partial charge in [-0.25, -0.2) is 0 Å². The Morgan fingerprint density at radius 3 is 2.79 bits per heavy atom. The van der Waals surface area contributed by atoms with Crippen LogP contribution in [0.3, 0.4) is 0 Å². The highest BCUT2D eigenvalue weighted by Crippen LogP contribution is 2.35. The molecule has 106 valence electrons. The van der Waals surface area contributed by atoms with E-state index >= 15 is 0 Å². The number of nitrogens with zero attached hydrogens (tertiary/aromatic N) is 1. The van der Waals surface area contributed by atoms with Crippen LogP contribution in [0.25, 0.3) is 0 Å². The molecule has 0 amide bonds. The lowest BCUT2D eigenvalue weighted by atomic mass is 10.1. The maximum absolute atomic E-state index is 6.16. The van der Waals surface area contributed by atoms with Crippen LogP contribution in [-0.4, -0.2) is 18.6 Å². The number of hydrogen-bond donors (Lipinski definition) is 1. The Morgan fingerprint density at radius 1 is 1.32 bits per heavy atom. The van der Waals surface area contributed by atoms with Gasteiger partial charge in [0.15, 0.2) is 0 Å². The molecule has 1 aromatic rings. The fourth-order valence-electron chi connectivity index (χ4n) is 3.11. The van der Waals surface area contributed by atoms with Crippen molar-refractivity contribution in [1.82, 2.24) is 5.32 Å². The summed E-state index contributed by atoms with van der Waals surface area (Å²) in [5, 5.41) is 4.25. The molecule has 0 spiro atoms. The molecule has 2 nitrogen and oxygen atoms in total. The minimum atomic E-state index is 0.631. The number of rotatable bonds is 5. The Labute approximate surface area is 122 Å². The van der Waals surface area contributed by atoms with E-state index in [9.17, 15) is 0 Å². The van der Waals surface area contributed by atoms with Crippen molar-refractivity contribution < 1.29 is 0 Å². The van der Waals surface area contributed by atoms with Gasteiger partial charge in [0.05, 0.1) is 0 Å². The average molecular weight is 281 g/mol. The molecule has 0 saturated carbocycles. The topological polar surface area (TPSA) is 15.3 Å². The van der Waals surface area contributed by atoms with E-state index in [0.29, 0.717) is 12.1 Å². The van der Waals surface area contributed by atoms with Crippen molar-refractivity contribution in [2.45, 2.75) is 58.7 Å². The van der Waals surface area contributed by atoms with E-state index < -0.39 is 0 Å². The van der Waals surface area contributed by atoms with Crippen molar-refractivity contribution in [3.8, 4) is 0 Å². The average Bonchev–Trinajstić information content (AvgIpc) is 2.77. The first kappa shape index (κ1) is 14.7. The third-order valence-corrected chi connectivity index (χ3v) is 4.38. The van der Waals surface area contributed by atoms with Crippen LogP contribution >= 0.6 is 11.6 Å². The molecule has 3 heteroatoms. The van der Waals surface area contributed by atoms with Gasteiger partial charge in [-0.1, -0.05) is 25.4 Å². The summed E-state index contributed by atoms with van der Waals surface area (Å²) in [4.78, 5) is 2.60. The predicted octanol–water partition coefficient (Wildman–Crippen LogP) is 4.22. The smallest absolute Gasteiger partial charge is 0.0417 e. The van der Waals surface area contributed by atoms with Crippen molar-refractivity contribution in [3.05, 3.63) is 28.8 Å². The Bertz CT molecular complexity index is 419. The summed E-state index contributed by atoms with van der Waals surface area (Å²) in [5.74, 6) is 0. The summed E-state index contributed by atoms with van der Waals surface area (Å²) < 4.78 is 0. The van der Waals surface area contributed by atoms with Gasteiger partial charge in [-0.15, -0.1) is 0 Å². The zero-order chi connectivity index (χ0) is 13.8. The second kappa shape index (κ2) is 6.62. The molecular weight excluding hydrogens is 256 g/mol. The van der Waals surface area contributed by atoms with Crippen LogP contribution in [0.15, 0.2) is 18.2 Å². The molecular formula is C16H25ClN2. The van der Waals surface area contributed by atoms with Gasteiger partial charge in [0.25, 0.3) is 0 Å². The zero-order valence-electron chi connectivity index (χ0n) is 12.2. The summed E-state index contributed by atoms with van der Waals surface area (Å²) in [6, 6.07) is 7.63. The Balaban J connectivity index is 2.31. The lowest BCUT2D eigenvalue weighted by Gasteiger charge is -2.32. The molecule has 1 heterocycles. The van der Waals surface area contributed by atoms with Gasteiger partial charge in [0.2, 0.25) is 0 Å². The van der Waals surface area contributed by atoms with E-state index in [2.05, 4.69) is 43.1 Å².